The Hall–Kier alpha value is -10.6. The van der Waals surface area contributed by atoms with E-state index in [1.807, 2.05) is 12.4 Å². The van der Waals surface area contributed by atoms with Crippen LogP contribution in [0.5, 0.6) is 0 Å². The lowest BCUT2D eigenvalue weighted by atomic mass is 9.88. The van der Waals surface area contributed by atoms with Gasteiger partial charge in [0.15, 0.2) is 0 Å². The molecule has 18 aromatic rings. The summed E-state index contributed by atoms with van der Waals surface area (Å²) in [5.41, 5.74) is 12.4. The molecule has 0 radical (unpaired) electrons. The molecule has 6 heteroatoms. The summed E-state index contributed by atoms with van der Waals surface area (Å²) < 4.78 is 7.19. The van der Waals surface area contributed by atoms with Gasteiger partial charge in [0.1, 0.15) is 22.9 Å². The van der Waals surface area contributed by atoms with Crippen molar-refractivity contribution in [3.63, 3.8) is 0 Å². The van der Waals surface area contributed by atoms with E-state index in [1.165, 1.54) is 53.9 Å². The van der Waals surface area contributed by atoms with Crippen LogP contribution in [-0.4, -0.2) is 23.7 Å². The number of benzene rings is 13. The molecule has 0 amide bonds. The van der Waals surface area contributed by atoms with Crippen molar-refractivity contribution >= 4 is 130 Å². The summed E-state index contributed by atoms with van der Waals surface area (Å²) in [5, 5.41) is 33.6. The van der Waals surface area contributed by atoms with Crippen LogP contribution in [-0.2, 0) is 0 Å². The average Bonchev–Trinajstić information content (AvgIpc) is 4.32. The predicted octanol–water partition coefficient (Wildman–Crippen LogP) is 18.2. The quantitative estimate of drug-likeness (QED) is 0.161. The summed E-state index contributed by atoms with van der Waals surface area (Å²) >= 11 is 0. The van der Waals surface area contributed by atoms with Crippen LogP contribution in [0.1, 0.15) is 5.56 Å². The molecule has 0 saturated carbocycles. The Morgan fingerprint density at radius 1 is 0.273 bits per heavy atom. The van der Waals surface area contributed by atoms with Crippen LogP contribution < -0.4 is 0 Å². The third-order valence-corrected chi connectivity index (χ3v) is 17.0. The Morgan fingerprint density at radius 3 is 0.922 bits per heavy atom. The molecular weight excluding hydrogens is 937 g/mol. The molecular formula is C71H38N6. The normalized spacial score (nSPS) is 12.4. The summed E-state index contributed by atoms with van der Waals surface area (Å²) in [5.74, 6) is 0. The third-order valence-electron chi connectivity index (χ3n) is 17.0. The summed E-state index contributed by atoms with van der Waals surface area (Å²) in [6.45, 7) is 0. The molecule has 0 bridgehead atoms. The second-order valence-electron chi connectivity index (χ2n) is 20.6. The van der Waals surface area contributed by atoms with Gasteiger partial charge in [-0.1, -0.05) is 182 Å². The highest BCUT2D eigenvalue weighted by Gasteiger charge is 2.35. The van der Waals surface area contributed by atoms with Crippen LogP contribution in [0.4, 0.5) is 0 Å². The first-order chi connectivity index (χ1) is 38.3. The Kier molecular flexibility index (Phi) is 7.84. The number of aromatic nitrogens is 5. The highest BCUT2D eigenvalue weighted by Crippen LogP contribution is 2.55. The van der Waals surface area contributed by atoms with Crippen molar-refractivity contribution in [2.45, 2.75) is 0 Å². The van der Waals surface area contributed by atoms with Crippen LogP contribution in [0.25, 0.3) is 170 Å². The van der Waals surface area contributed by atoms with E-state index in [2.05, 4.69) is 238 Å². The molecule has 6 nitrogen and oxygen atoms in total. The molecule has 0 N–H and O–H groups in total. The summed E-state index contributed by atoms with van der Waals surface area (Å²) in [6.07, 6.45) is 3.89. The van der Waals surface area contributed by atoms with E-state index < -0.39 is 0 Å². The van der Waals surface area contributed by atoms with E-state index in [9.17, 15) is 5.26 Å². The molecule has 0 saturated heterocycles. The first-order valence-corrected chi connectivity index (χ1v) is 26.2. The van der Waals surface area contributed by atoms with Gasteiger partial charge in [-0.25, -0.2) is 9.97 Å². The fourth-order valence-corrected chi connectivity index (χ4v) is 14.2. The molecule has 13 aromatic carbocycles. The van der Waals surface area contributed by atoms with Crippen molar-refractivity contribution in [2.75, 3.05) is 0 Å². The van der Waals surface area contributed by atoms with Crippen molar-refractivity contribution in [2.24, 2.45) is 0 Å². The number of rotatable bonds is 5. The highest BCUT2D eigenvalue weighted by molar-refractivity contribution is 6.37. The molecule has 5 aromatic heterocycles. The number of hydrogen-bond donors (Lipinski definition) is 0. The van der Waals surface area contributed by atoms with Gasteiger partial charge in [0.25, 0.3) is 0 Å². The van der Waals surface area contributed by atoms with Gasteiger partial charge < -0.3 is 4.57 Å². The number of hydrogen-bond acceptors (Lipinski definition) is 3. The summed E-state index contributed by atoms with van der Waals surface area (Å²) in [7, 11) is 0. The molecule has 0 aliphatic rings. The third kappa shape index (κ3) is 5.04. The van der Waals surface area contributed by atoms with Crippen molar-refractivity contribution in [3.05, 3.63) is 236 Å². The van der Waals surface area contributed by atoms with Crippen molar-refractivity contribution in [3.8, 4) is 45.4 Å². The lowest BCUT2D eigenvalue weighted by Crippen LogP contribution is -2.14. The number of pyridine rings is 2. The maximum atomic E-state index is 12.8. The zero-order chi connectivity index (χ0) is 50.2. The molecule has 0 aliphatic heterocycles. The molecule has 352 valence electrons. The standard InChI is InChI=1S/C71H38N6/c72-39-54-67(76-57-33-15-29-50-44-23-9-11-25-46(44)52-35-37-73-70(76)65(52)63(50)57)59(40-17-3-1-4-18-40)69(75-55-31-13-27-48-42-21-7-8-22-43(42)49-28-14-32-56(75)62(49)61(48)55)60(41-19-5-2-6-20-41)68(54)77-58-34-16-30-51-45-24-10-12-26-47(45)53-36-38-74-71(77)66(53)64(51)58/h1-38H. The Balaban J connectivity index is 1.17. The average molecular weight is 975 g/mol. The number of nitriles is 1. The summed E-state index contributed by atoms with van der Waals surface area (Å²) in [4.78, 5) is 10.8. The van der Waals surface area contributed by atoms with Gasteiger partial charge in [0, 0.05) is 55.8 Å². The first kappa shape index (κ1) is 40.8. The largest absolute Gasteiger partial charge is 0.308 e. The predicted molar refractivity (Wildman–Crippen MR) is 319 cm³/mol. The lowest BCUT2D eigenvalue weighted by Gasteiger charge is -2.28. The molecule has 0 spiro atoms. The second kappa shape index (κ2) is 14.8. The highest BCUT2D eigenvalue weighted by atomic mass is 15.1. The molecule has 18 rings (SSSR count). The minimum atomic E-state index is 0.506. The van der Waals surface area contributed by atoms with Crippen LogP contribution in [0.15, 0.2) is 231 Å². The molecule has 0 atom stereocenters. The molecule has 0 fully saturated rings. The van der Waals surface area contributed by atoms with Crippen LogP contribution in [0.3, 0.4) is 0 Å². The van der Waals surface area contributed by atoms with E-state index in [1.54, 1.807) is 0 Å². The molecule has 0 unspecified atom stereocenters. The van der Waals surface area contributed by atoms with Gasteiger partial charge in [0.2, 0.25) is 0 Å². The minimum Gasteiger partial charge on any atom is -0.308 e. The van der Waals surface area contributed by atoms with E-state index >= 15 is 0 Å². The second-order valence-corrected chi connectivity index (χ2v) is 20.6. The van der Waals surface area contributed by atoms with E-state index in [0.29, 0.717) is 5.56 Å². The summed E-state index contributed by atoms with van der Waals surface area (Å²) in [6, 6.07) is 81.9. The smallest absolute Gasteiger partial charge is 0.146 e. The van der Waals surface area contributed by atoms with Crippen LogP contribution in [0, 0.1) is 11.3 Å². The van der Waals surface area contributed by atoms with E-state index in [4.69, 9.17) is 9.97 Å². The number of fused-ring (bicyclic) bond motifs is 9. The minimum absolute atomic E-state index is 0.506. The van der Waals surface area contributed by atoms with Gasteiger partial charge in [-0.05, 0) is 112 Å². The fourth-order valence-electron chi connectivity index (χ4n) is 14.2. The zero-order valence-electron chi connectivity index (χ0n) is 41.1. The molecule has 77 heavy (non-hydrogen) atoms. The monoisotopic (exact) mass is 974 g/mol. The fraction of sp³-hybridized carbons (Fsp3) is 0. The Labute approximate surface area is 438 Å². The van der Waals surface area contributed by atoms with Crippen LogP contribution in [0.2, 0.25) is 0 Å². The first-order valence-electron chi connectivity index (χ1n) is 26.2. The maximum Gasteiger partial charge on any atom is 0.146 e. The van der Waals surface area contributed by atoms with Gasteiger partial charge in [-0.3, -0.25) is 9.13 Å². The van der Waals surface area contributed by atoms with Crippen molar-refractivity contribution < 1.29 is 0 Å². The van der Waals surface area contributed by atoms with Gasteiger partial charge in [-0.15, -0.1) is 0 Å². The number of nitrogens with zero attached hydrogens (tertiary/aromatic N) is 6. The van der Waals surface area contributed by atoms with Gasteiger partial charge in [0.05, 0.1) is 39.1 Å². The van der Waals surface area contributed by atoms with Gasteiger partial charge >= 0.3 is 0 Å². The van der Waals surface area contributed by atoms with Gasteiger partial charge in [-0.2, -0.15) is 5.26 Å². The van der Waals surface area contributed by atoms with E-state index in [0.717, 1.165) is 116 Å². The van der Waals surface area contributed by atoms with Crippen LogP contribution >= 0.6 is 0 Å². The van der Waals surface area contributed by atoms with Crippen molar-refractivity contribution in [1.82, 2.24) is 23.7 Å². The topological polar surface area (TPSA) is 64.4 Å². The lowest BCUT2D eigenvalue weighted by molar-refractivity contribution is 1.07. The van der Waals surface area contributed by atoms with Crippen molar-refractivity contribution in [1.29, 1.82) is 5.26 Å². The van der Waals surface area contributed by atoms with E-state index in [-0.39, 0.29) is 0 Å². The molecule has 5 heterocycles. The molecule has 0 aliphatic carbocycles. The Morgan fingerprint density at radius 2 is 0.571 bits per heavy atom. The maximum absolute atomic E-state index is 12.8. The SMILES string of the molecule is N#Cc1c(-n2c3cccc4c5ccccc5c5ccnc2c5c43)c(-c2ccccc2)c(-n2c3cccc4c5ccccc5c5cccc2c5c43)c(-c2ccccc2)c1-n1c2cccc3c4ccccc4c4ccnc1c4c32. The zero-order valence-corrected chi connectivity index (χ0v) is 41.1. The Bertz CT molecular complexity index is 5070.